The molecular formula is C17H26N4O. The Labute approximate surface area is 132 Å². The van der Waals surface area contributed by atoms with E-state index in [1.165, 1.54) is 16.8 Å². The molecule has 2 rings (SSSR count). The lowest BCUT2D eigenvalue weighted by Crippen LogP contribution is -2.15. The molecule has 5 heteroatoms. The third kappa shape index (κ3) is 3.87. The first kappa shape index (κ1) is 16.5. The van der Waals surface area contributed by atoms with Crippen LogP contribution < -0.4 is 10.2 Å². The van der Waals surface area contributed by atoms with Gasteiger partial charge in [0.2, 0.25) is 0 Å². The monoisotopic (exact) mass is 302 g/mol. The molecule has 0 aliphatic heterocycles. The van der Waals surface area contributed by atoms with Crippen molar-refractivity contribution in [1.29, 1.82) is 0 Å². The molecule has 0 aliphatic rings. The van der Waals surface area contributed by atoms with Gasteiger partial charge in [0.15, 0.2) is 0 Å². The zero-order valence-electron chi connectivity index (χ0n) is 13.9. The Hall–Kier alpha value is -1.85. The van der Waals surface area contributed by atoms with Gasteiger partial charge in [-0.05, 0) is 31.5 Å². The van der Waals surface area contributed by atoms with Crippen LogP contribution >= 0.6 is 0 Å². The molecule has 0 aliphatic carbocycles. The maximum Gasteiger partial charge on any atom is 0.0644 e. The minimum atomic E-state index is 0.117. The van der Waals surface area contributed by atoms with Crippen molar-refractivity contribution in [2.75, 3.05) is 25.6 Å². The zero-order valence-corrected chi connectivity index (χ0v) is 13.9. The summed E-state index contributed by atoms with van der Waals surface area (Å²) in [7, 11) is 4.10. The van der Waals surface area contributed by atoms with Gasteiger partial charge in [-0.2, -0.15) is 5.10 Å². The number of hydrogen-bond donors (Lipinski definition) is 2. The van der Waals surface area contributed by atoms with Crippen molar-refractivity contribution in [3.05, 3.63) is 46.8 Å². The normalized spacial score (nSPS) is 11.0. The Morgan fingerprint density at radius 1 is 1.23 bits per heavy atom. The van der Waals surface area contributed by atoms with Crippen molar-refractivity contribution in [3.63, 3.8) is 0 Å². The van der Waals surface area contributed by atoms with Gasteiger partial charge in [0.05, 0.1) is 18.8 Å². The standard InChI is InChI=1S/C17H26N4O/c1-13-17(14(2)21(19-13)8-9-22)12-18-11-15-6-5-7-16(10-15)20(3)4/h5-7,10,18,22H,8-9,11-12H2,1-4H3. The highest BCUT2D eigenvalue weighted by atomic mass is 16.3. The average molecular weight is 302 g/mol. The van der Waals surface area contributed by atoms with E-state index in [4.69, 9.17) is 5.11 Å². The first-order valence-corrected chi connectivity index (χ1v) is 7.63. The zero-order chi connectivity index (χ0) is 16.1. The van der Waals surface area contributed by atoms with Gasteiger partial charge in [0.1, 0.15) is 0 Å². The number of aliphatic hydroxyl groups is 1. The number of nitrogens with zero attached hydrogens (tertiary/aromatic N) is 3. The first-order valence-electron chi connectivity index (χ1n) is 7.63. The van der Waals surface area contributed by atoms with Gasteiger partial charge in [0, 0.05) is 44.1 Å². The summed E-state index contributed by atoms with van der Waals surface area (Å²) in [6.07, 6.45) is 0. The van der Waals surface area contributed by atoms with Crippen LogP contribution in [0.15, 0.2) is 24.3 Å². The Morgan fingerprint density at radius 3 is 2.68 bits per heavy atom. The van der Waals surface area contributed by atoms with E-state index in [1.807, 2.05) is 11.6 Å². The summed E-state index contributed by atoms with van der Waals surface area (Å²) in [6.45, 7) is 6.36. The maximum absolute atomic E-state index is 9.06. The van der Waals surface area contributed by atoms with Crippen LogP contribution in [0.5, 0.6) is 0 Å². The highest BCUT2D eigenvalue weighted by molar-refractivity contribution is 5.47. The molecule has 0 spiro atoms. The van der Waals surface area contributed by atoms with Crippen LogP contribution in [0.1, 0.15) is 22.5 Å². The van der Waals surface area contributed by atoms with Gasteiger partial charge in [-0.15, -0.1) is 0 Å². The summed E-state index contributed by atoms with van der Waals surface area (Å²) < 4.78 is 1.87. The molecule has 0 radical (unpaired) electrons. The van der Waals surface area contributed by atoms with Gasteiger partial charge >= 0.3 is 0 Å². The molecule has 1 aromatic heterocycles. The molecule has 1 heterocycles. The molecule has 22 heavy (non-hydrogen) atoms. The van der Waals surface area contributed by atoms with Crippen molar-refractivity contribution >= 4 is 5.69 Å². The van der Waals surface area contributed by atoms with Crippen LogP contribution in [-0.4, -0.2) is 35.6 Å². The van der Waals surface area contributed by atoms with Gasteiger partial charge in [0.25, 0.3) is 0 Å². The quantitative estimate of drug-likeness (QED) is 0.819. The van der Waals surface area contributed by atoms with Crippen molar-refractivity contribution < 1.29 is 5.11 Å². The molecule has 0 saturated heterocycles. The molecule has 0 unspecified atom stereocenters. The minimum absolute atomic E-state index is 0.117. The molecule has 5 nitrogen and oxygen atoms in total. The van der Waals surface area contributed by atoms with Crippen LogP contribution in [0.4, 0.5) is 5.69 Å². The predicted octanol–water partition coefficient (Wildman–Crippen LogP) is 1.85. The van der Waals surface area contributed by atoms with Gasteiger partial charge in [-0.25, -0.2) is 0 Å². The summed E-state index contributed by atoms with van der Waals surface area (Å²) in [6, 6.07) is 8.52. The van der Waals surface area contributed by atoms with E-state index >= 15 is 0 Å². The fraction of sp³-hybridized carbons (Fsp3) is 0.471. The second-order valence-electron chi connectivity index (χ2n) is 5.76. The Bertz CT molecular complexity index is 619. The lowest BCUT2D eigenvalue weighted by Gasteiger charge is -2.14. The topological polar surface area (TPSA) is 53.3 Å². The van der Waals surface area contributed by atoms with E-state index in [0.717, 1.165) is 24.5 Å². The summed E-state index contributed by atoms with van der Waals surface area (Å²) >= 11 is 0. The summed E-state index contributed by atoms with van der Waals surface area (Å²) in [5.74, 6) is 0. The molecular weight excluding hydrogens is 276 g/mol. The van der Waals surface area contributed by atoms with Crippen LogP contribution in [0, 0.1) is 13.8 Å². The van der Waals surface area contributed by atoms with Crippen LogP contribution in [0.25, 0.3) is 0 Å². The number of aromatic nitrogens is 2. The van der Waals surface area contributed by atoms with E-state index in [-0.39, 0.29) is 6.61 Å². The molecule has 1 aromatic carbocycles. The van der Waals surface area contributed by atoms with Crippen molar-refractivity contribution in [2.24, 2.45) is 0 Å². The van der Waals surface area contributed by atoms with E-state index in [9.17, 15) is 0 Å². The number of rotatable bonds is 7. The molecule has 2 N–H and O–H groups in total. The number of hydrogen-bond acceptors (Lipinski definition) is 4. The lowest BCUT2D eigenvalue weighted by atomic mass is 10.1. The molecule has 0 amide bonds. The number of benzene rings is 1. The van der Waals surface area contributed by atoms with Crippen LogP contribution in [0.2, 0.25) is 0 Å². The number of aliphatic hydroxyl groups excluding tert-OH is 1. The lowest BCUT2D eigenvalue weighted by molar-refractivity contribution is 0.267. The van der Waals surface area contributed by atoms with Gasteiger partial charge < -0.3 is 15.3 Å². The maximum atomic E-state index is 9.06. The largest absolute Gasteiger partial charge is 0.394 e. The number of aryl methyl sites for hydroxylation is 1. The average Bonchev–Trinajstić information content (AvgIpc) is 2.75. The second-order valence-corrected chi connectivity index (χ2v) is 5.76. The molecule has 0 atom stereocenters. The Balaban J connectivity index is 1.98. The smallest absolute Gasteiger partial charge is 0.0644 e. The third-order valence-corrected chi connectivity index (χ3v) is 3.90. The summed E-state index contributed by atoms with van der Waals surface area (Å²) in [5.41, 5.74) is 5.85. The minimum Gasteiger partial charge on any atom is -0.394 e. The van der Waals surface area contributed by atoms with Crippen molar-refractivity contribution in [1.82, 2.24) is 15.1 Å². The fourth-order valence-corrected chi connectivity index (χ4v) is 2.58. The highest BCUT2D eigenvalue weighted by Gasteiger charge is 2.10. The van der Waals surface area contributed by atoms with Crippen molar-refractivity contribution in [2.45, 2.75) is 33.5 Å². The predicted molar refractivity (Wildman–Crippen MR) is 90.1 cm³/mol. The fourth-order valence-electron chi connectivity index (χ4n) is 2.58. The van der Waals surface area contributed by atoms with E-state index in [0.29, 0.717) is 6.54 Å². The van der Waals surface area contributed by atoms with E-state index < -0.39 is 0 Å². The second kappa shape index (κ2) is 7.42. The summed E-state index contributed by atoms with van der Waals surface area (Å²) in [4.78, 5) is 2.11. The van der Waals surface area contributed by atoms with Gasteiger partial charge in [-0.1, -0.05) is 12.1 Å². The van der Waals surface area contributed by atoms with Crippen LogP contribution in [0.3, 0.4) is 0 Å². The number of nitrogens with one attached hydrogen (secondary N) is 1. The molecule has 2 aromatic rings. The molecule has 0 bridgehead atoms. The molecule has 0 fully saturated rings. The summed E-state index contributed by atoms with van der Waals surface area (Å²) in [5, 5.41) is 17.0. The number of anilines is 1. The Kier molecular flexibility index (Phi) is 5.57. The van der Waals surface area contributed by atoms with E-state index in [2.05, 4.69) is 60.6 Å². The van der Waals surface area contributed by atoms with Gasteiger partial charge in [-0.3, -0.25) is 4.68 Å². The first-order chi connectivity index (χ1) is 10.5. The van der Waals surface area contributed by atoms with E-state index in [1.54, 1.807) is 0 Å². The van der Waals surface area contributed by atoms with Crippen LogP contribution in [-0.2, 0) is 19.6 Å². The third-order valence-electron chi connectivity index (χ3n) is 3.90. The highest BCUT2D eigenvalue weighted by Crippen LogP contribution is 2.15. The molecule has 0 saturated carbocycles. The Morgan fingerprint density at radius 2 is 2.00 bits per heavy atom. The molecule has 120 valence electrons. The van der Waals surface area contributed by atoms with Crippen molar-refractivity contribution in [3.8, 4) is 0 Å². The SMILES string of the molecule is Cc1nn(CCO)c(C)c1CNCc1cccc(N(C)C)c1.